The van der Waals surface area contributed by atoms with Crippen molar-refractivity contribution < 1.29 is 18.3 Å². The summed E-state index contributed by atoms with van der Waals surface area (Å²) in [6.07, 6.45) is 0. The Morgan fingerprint density at radius 3 is 2.57 bits per heavy atom. The normalized spacial score (nSPS) is 12.8. The van der Waals surface area contributed by atoms with Crippen LogP contribution >= 0.6 is 11.3 Å². The maximum Gasteiger partial charge on any atom is 0.387 e. The number of rotatable bonds is 7. The molecule has 0 aliphatic rings. The number of para-hydroxylation sites is 1. The van der Waals surface area contributed by atoms with Gasteiger partial charge in [0.25, 0.3) is 5.91 Å². The van der Waals surface area contributed by atoms with Crippen LogP contribution in [0.3, 0.4) is 0 Å². The molecule has 1 atom stereocenters. The molecule has 1 aromatic heterocycles. The van der Waals surface area contributed by atoms with Gasteiger partial charge in [-0.1, -0.05) is 23.5 Å². The van der Waals surface area contributed by atoms with Gasteiger partial charge in [0.05, 0.1) is 15.9 Å². The predicted molar refractivity (Wildman–Crippen MR) is 106 cm³/mol. The molecule has 6 nitrogen and oxygen atoms in total. The fraction of sp³-hybridized carbons (Fsp3) is 0.211. The van der Waals surface area contributed by atoms with E-state index in [0.29, 0.717) is 16.4 Å². The average Bonchev–Trinajstić information content (AvgIpc) is 3.08. The Labute approximate surface area is 164 Å². The van der Waals surface area contributed by atoms with Gasteiger partial charge in [-0.15, -0.1) is 0 Å². The summed E-state index contributed by atoms with van der Waals surface area (Å²) in [5.41, 5.74) is 4.57. The molecule has 0 radical (unpaired) electrons. The number of halogens is 2. The Bertz CT molecular complexity index is 956. The number of fused-ring (bicyclic) bond motifs is 1. The van der Waals surface area contributed by atoms with Crippen LogP contribution in [-0.2, 0) is 4.79 Å². The highest BCUT2D eigenvalue weighted by Gasteiger charge is 2.14. The summed E-state index contributed by atoms with van der Waals surface area (Å²) in [6, 6.07) is 13.2. The molecule has 0 aliphatic carbocycles. The third-order valence-electron chi connectivity index (χ3n) is 3.86. The van der Waals surface area contributed by atoms with Crippen LogP contribution in [-0.4, -0.2) is 29.3 Å². The molecule has 1 amide bonds. The Hall–Kier alpha value is -3.07. The highest BCUT2D eigenvalue weighted by atomic mass is 32.1. The predicted octanol–water partition coefficient (Wildman–Crippen LogP) is 4.24. The third-order valence-corrected chi connectivity index (χ3v) is 4.83. The molecule has 2 aromatic carbocycles. The van der Waals surface area contributed by atoms with Crippen LogP contribution in [0.5, 0.6) is 5.75 Å². The van der Waals surface area contributed by atoms with E-state index in [2.05, 4.69) is 25.6 Å². The van der Waals surface area contributed by atoms with Crippen LogP contribution < -0.4 is 15.5 Å². The van der Waals surface area contributed by atoms with Crippen molar-refractivity contribution in [1.82, 2.24) is 10.4 Å². The molecule has 9 heteroatoms. The van der Waals surface area contributed by atoms with Gasteiger partial charge in [-0.25, -0.2) is 10.4 Å². The lowest BCUT2D eigenvalue weighted by molar-refractivity contribution is -0.121. The van der Waals surface area contributed by atoms with Gasteiger partial charge in [0.15, 0.2) is 5.13 Å². The lowest BCUT2D eigenvalue weighted by Gasteiger charge is -2.11. The van der Waals surface area contributed by atoms with Crippen LogP contribution in [0.2, 0.25) is 0 Å². The second-order valence-electron chi connectivity index (χ2n) is 5.93. The summed E-state index contributed by atoms with van der Waals surface area (Å²) < 4.78 is 29.7. The lowest BCUT2D eigenvalue weighted by Crippen LogP contribution is -2.35. The highest BCUT2D eigenvalue weighted by Crippen LogP contribution is 2.25. The number of amides is 1. The van der Waals surface area contributed by atoms with Gasteiger partial charge < -0.3 is 10.1 Å². The van der Waals surface area contributed by atoms with Crippen LogP contribution in [0.4, 0.5) is 13.9 Å². The molecular weight excluding hydrogens is 386 g/mol. The Kier molecular flexibility index (Phi) is 6.15. The molecule has 3 rings (SSSR count). The number of nitrogens with zero attached hydrogens (tertiary/aromatic N) is 2. The summed E-state index contributed by atoms with van der Waals surface area (Å²) in [4.78, 5) is 16.7. The van der Waals surface area contributed by atoms with Crippen molar-refractivity contribution in [2.24, 2.45) is 5.10 Å². The van der Waals surface area contributed by atoms with E-state index in [1.807, 2.05) is 24.3 Å². The number of alkyl halides is 2. The van der Waals surface area contributed by atoms with Crippen molar-refractivity contribution in [2.75, 3.05) is 5.32 Å². The minimum absolute atomic E-state index is 0.0595. The first-order valence-electron chi connectivity index (χ1n) is 8.44. The number of hydrogen-bond donors (Lipinski definition) is 2. The zero-order chi connectivity index (χ0) is 20.1. The van der Waals surface area contributed by atoms with Gasteiger partial charge in [-0.3, -0.25) is 4.79 Å². The first-order chi connectivity index (χ1) is 13.4. The molecule has 0 spiro atoms. The number of benzene rings is 2. The van der Waals surface area contributed by atoms with E-state index in [9.17, 15) is 13.6 Å². The van der Waals surface area contributed by atoms with E-state index in [1.54, 1.807) is 26.0 Å². The maximum atomic E-state index is 12.3. The first kappa shape index (κ1) is 19.7. The smallest absolute Gasteiger partial charge is 0.387 e. The van der Waals surface area contributed by atoms with Gasteiger partial charge in [0.2, 0.25) is 0 Å². The second kappa shape index (κ2) is 8.75. The number of carbonyl (C=O) groups is 1. The number of ether oxygens (including phenoxy) is 1. The molecule has 2 N–H and O–H groups in total. The zero-order valence-electron chi connectivity index (χ0n) is 15.1. The molecule has 0 aliphatic heterocycles. The number of hydrogen-bond acceptors (Lipinski definition) is 6. The first-order valence-corrected chi connectivity index (χ1v) is 9.25. The van der Waals surface area contributed by atoms with Crippen LogP contribution in [0.1, 0.15) is 19.4 Å². The Balaban J connectivity index is 1.58. The lowest BCUT2D eigenvalue weighted by atomic mass is 10.1. The largest absolute Gasteiger partial charge is 0.435 e. The summed E-state index contributed by atoms with van der Waals surface area (Å²) in [5, 5.41) is 7.77. The topological polar surface area (TPSA) is 75.6 Å². The number of thiazole rings is 1. The van der Waals surface area contributed by atoms with Crippen LogP contribution in [0.15, 0.2) is 53.6 Å². The molecule has 0 fully saturated rings. The van der Waals surface area contributed by atoms with E-state index in [0.717, 1.165) is 10.2 Å². The average molecular weight is 404 g/mol. The summed E-state index contributed by atoms with van der Waals surface area (Å²) >= 11 is 1.47. The SMILES string of the molecule is C/C(=N/NC(=O)[C@@H](C)Nc1nc2ccccc2s1)c1ccc(OC(F)F)cc1. The van der Waals surface area contributed by atoms with E-state index in [4.69, 9.17) is 0 Å². The molecule has 3 aromatic rings. The number of nitrogens with one attached hydrogen (secondary N) is 2. The third kappa shape index (κ3) is 5.01. The molecule has 146 valence electrons. The van der Waals surface area contributed by atoms with Crippen molar-refractivity contribution in [3.05, 3.63) is 54.1 Å². The maximum absolute atomic E-state index is 12.3. The zero-order valence-corrected chi connectivity index (χ0v) is 16.0. The van der Waals surface area contributed by atoms with Gasteiger partial charge in [0.1, 0.15) is 11.8 Å². The summed E-state index contributed by atoms with van der Waals surface area (Å²) in [5.74, 6) is -0.263. The van der Waals surface area contributed by atoms with E-state index >= 15 is 0 Å². The number of aromatic nitrogens is 1. The minimum atomic E-state index is -2.87. The molecule has 0 bridgehead atoms. The van der Waals surface area contributed by atoms with Gasteiger partial charge in [0, 0.05) is 0 Å². The fourth-order valence-electron chi connectivity index (χ4n) is 2.36. The minimum Gasteiger partial charge on any atom is -0.435 e. The molecular formula is C19H18F2N4O2S. The fourth-order valence-corrected chi connectivity index (χ4v) is 3.32. The van der Waals surface area contributed by atoms with Crippen LogP contribution in [0.25, 0.3) is 10.2 Å². The van der Waals surface area contributed by atoms with E-state index < -0.39 is 12.7 Å². The summed E-state index contributed by atoms with van der Waals surface area (Å²) in [6.45, 7) is 0.543. The number of carbonyl (C=O) groups excluding carboxylic acids is 1. The van der Waals surface area contributed by atoms with Crippen molar-refractivity contribution in [3.8, 4) is 5.75 Å². The van der Waals surface area contributed by atoms with Crippen LogP contribution in [0, 0.1) is 0 Å². The second-order valence-corrected chi connectivity index (χ2v) is 6.96. The Morgan fingerprint density at radius 2 is 1.89 bits per heavy atom. The summed E-state index contributed by atoms with van der Waals surface area (Å²) in [7, 11) is 0. The number of anilines is 1. The standard InChI is InChI=1S/C19H18F2N4O2S/c1-11(13-7-9-14(10-8-13)27-18(20)21)24-25-17(26)12(2)22-19-23-15-5-3-4-6-16(15)28-19/h3-10,12,18H,1-2H3,(H,22,23)(H,25,26)/b24-11-/t12-/m1/s1. The monoisotopic (exact) mass is 404 g/mol. The van der Waals surface area contributed by atoms with Crippen molar-refractivity contribution in [2.45, 2.75) is 26.5 Å². The Morgan fingerprint density at radius 1 is 1.18 bits per heavy atom. The quantitative estimate of drug-likeness (QED) is 0.456. The van der Waals surface area contributed by atoms with E-state index in [-0.39, 0.29) is 11.7 Å². The van der Waals surface area contributed by atoms with E-state index in [1.165, 1.54) is 23.5 Å². The molecule has 0 unspecified atom stereocenters. The van der Waals surface area contributed by atoms with Gasteiger partial charge >= 0.3 is 6.61 Å². The molecule has 0 saturated heterocycles. The van der Waals surface area contributed by atoms with Crippen molar-refractivity contribution in [1.29, 1.82) is 0 Å². The molecule has 28 heavy (non-hydrogen) atoms. The highest BCUT2D eigenvalue weighted by molar-refractivity contribution is 7.22. The van der Waals surface area contributed by atoms with Gasteiger partial charge in [-0.05, 0) is 55.8 Å². The van der Waals surface area contributed by atoms with Crippen molar-refractivity contribution in [3.63, 3.8) is 0 Å². The number of hydrazone groups is 1. The van der Waals surface area contributed by atoms with Crippen molar-refractivity contribution >= 4 is 38.3 Å². The molecule has 1 heterocycles. The van der Waals surface area contributed by atoms with Gasteiger partial charge in [-0.2, -0.15) is 13.9 Å². The molecule has 0 saturated carbocycles.